The highest BCUT2D eigenvalue weighted by Gasteiger charge is 2.38. The lowest BCUT2D eigenvalue weighted by atomic mass is 9.85. The topological polar surface area (TPSA) is 73.9 Å². The number of carbonyl (C=O) groups is 2. The molecule has 0 saturated heterocycles. The fourth-order valence-corrected chi connectivity index (χ4v) is 7.18. The standard InChI is InChI=1S/C32H40ClNO5Si/c1-31(2,3)29(39-40(25-13-9-7-10-14-25)26-15-11-8-12-16-26)27(34-30(36)38-32(4,5)6)21-37-22-28(35)23-17-19-24(33)20-18-23/h7-20,27,29,40H,21-22H2,1-6H3,(H,34,36)/t27-,29?/m1/s1. The number of benzene rings is 3. The van der Waals surface area contributed by atoms with Crippen LogP contribution in [0.3, 0.4) is 0 Å². The van der Waals surface area contributed by atoms with Gasteiger partial charge in [-0.3, -0.25) is 4.79 Å². The summed E-state index contributed by atoms with van der Waals surface area (Å²) < 4.78 is 18.5. The zero-order valence-electron chi connectivity index (χ0n) is 24.1. The number of ketones is 1. The van der Waals surface area contributed by atoms with Crippen LogP contribution in [0.4, 0.5) is 4.79 Å². The highest BCUT2D eigenvalue weighted by atomic mass is 35.5. The lowest BCUT2D eigenvalue weighted by Gasteiger charge is -2.40. The Morgan fingerprint density at radius 3 is 1.82 bits per heavy atom. The Bertz CT molecular complexity index is 1180. The minimum Gasteiger partial charge on any atom is -0.444 e. The van der Waals surface area contributed by atoms with Crippen molar-refractivity contribution in [2.24, 2.45) is 5.41 Å². The van der Waals surface area contributed by atoms with Gasteiger partial charge in [0.2, 0.25) is 9.04 Å². The summed E-state index contributed by atoms with van der Waals surface area (Å²) >= 11 is 5.96. The molecule has 0 aliphatic rings. The average molecular weight is 582 g/mol. The van der Waals surface area contributed by atoms with Crippen molar-refractivity contribution >= 4 is 42.9 Å². The van der Waals surface area contributed by atoms with Crippen molar-refractivity contribution in [2.45, 2.75) is 59.3 Å². The van der Waals surface area contributed by atoms with Gasteiger partial charge < -0.3 is 19.2 Å². The molecule has 1 N–H and O–H groups in total. The molecule has 0 aromatic heterocycles. The number of alkyl carbamates (subject to hydrolysis) is 1. The van der Waals surface area contributed by atoms with Gasteiger partial charge >= 0.3 is 6.09 Å². The summed E-state index contributed by atoms with van der Waals surface area (Å²) in [5.41, 5.74) is -0.563. The molecule has 40 heavy (non-hydrogen) atoms. The number of Topliss-reactive ketones (excluding diaryl/α,β-unsaturated/α-hetero) is 1. The van der Waals surface area contributed by atoms with Crippen LogP contribution in [0.1, 0.15) is 51.9 Å². The largest absolute Gasteiger partial charge is 0.444 e. The van der Waals surface area contributed by atoms with Crippen LogP contribution < -0.4 is 15.7 Å². The molecule has 8 heteroatoms. The van der Waals surface area contributed by atoms with Gasteiger partial charge in [0.05, 0.1) is 18.8 Å². The van der Waals surface area contributed by atoms with Crippen LogP contribution >= 0.6 is 11.6 Å². The molecular formula is C32H40ClNO5Si. The number of hydrogen-bond acceptors (Lipinski definition) is 5. The van der Waals surface area contributed by atoms with Crippen LogP contribution in [0, 0.1) is 5.41 Å². The molecule has 0 bridgehead atoms. The quantitative estimate of drug-likeness (QED) is 0.242. The smallest absolute Gasteiger partial charge is 0.408 e. The van der Waals surface area contributed by atoms with Gasteiger partial charge in [-0.2, -0.15) is 0 Å². The van der Waals surface area contributed by atoms with Gasteiger partial charge in [0.25, 0.3) is 0 Å². The molecule has 214 valence electrons. The second kappa shape index (κ2) is 14.1. The third-order valence-electron chi connectivity index (χ3n) is 6.11. The first-order valence-electron chi connectivity index (χ1n) is 13.4. The van der Waals surface area contributed by atoms with E-state index >= 15 is 0 Å². The van der Waals surface area contributed by atoms with Crippen molar-refractivity contribution in [3.63, 3.8) is 0 Å². The van der Waals surface area contributed by atoms with Crippen LogP contribution in [0.15, 0.2) is 84.9 Å². The molecule has 2 atom stereocenters. The molecule has 3 aromatic rings. The molecule has 0 aliphatic heterocycles. The van der Waals surface area contributed by atoms with Crippen molar-refractivity contribution in [1.82, 2.24) is 5.32 Å². The fourth-order valence-electron chi connectivity index (χ4n) is 4.32. The van der Waals surface area contributed by atoms with E-state index in [1.807, 2.05) is 57.2 Å². The van der Waals surface area contributed by atoms with E-state index in [1.54, 1.807) is 24.3 Å². The van der Waals surface area contributed by atoms with Gasteiger partial charge in [-0.15, -0.1) is 0 Å². The molecule has 3 rings (SSSR count). The first-order chi connectivity index (χ1) is 18.8. The predicted octanol–water partition coefficient (Wildman–Crippen LogP) is 5.40. The summed E-state index contributed by atoms with van der Waals surface area (Å²) in [6, 6.07) is 26.4. The molecule has 0 heterocycles. The third kappa shape index (κ3) is 9.89. The maximum absolute atomic E-state index is 13.0. The van der Waals surface area contributed by atoms with Gasteiger partial charge in [0.1, 0.15) is 12.2 Å². The molecule has 0 spiro atoms. The van der Waals surface area contributed by atoms with Crippen molar-refractivity contribution in [2.75, 3.05) is 13.2 Å². The van der Waals surface area contributed by atoms with E-state index in [1.165, 1.54) is 0 Å². The molecule has 0 radical (unpaired) electrons. The normalized spacial score (nSPS) is 13.5. The van der Waals surface area contributed by atoms with Crippen LogP contribution in [0.5, 0.6) is 0 Å². The summed E-state index contributed by atoms with van der Waals surface area (Å²) in [6.45, 7) is 11.6. The zero-order valence-corrected chi connectivity index (χ0v) is 26.1. The van der Waals surface area contributed by atoms with Crippen LogP contribution in [0.25, 0.3) is 0 Å². The monoisotopic (exact) mass is 581 g/mol. The van der Waals surface area contributed by atoms with Crippen molar-refractivity contribution in [1.29, 1.82) is 0 Å². The van der Waals surface area contributed by atoms with E-state index in [-0.39, 0.29) is 19.0 Å². The Balaban J connectivity index is 1.89. The van der Waals surface area contributed by atoms with Gasteiger partial charge in [-0.25, -0.2) is 4.79 Å². The van der Waals surface area contributed by atoms with E-state index in [4.69, 9.17) is 25.5 Å². The lowest BCUT2D eigenvalue weighted by molar-refractivity contribution is 0.000297. The Morgan fingerprint density at radius 2 is 1.35 bits per heavy atom. The van der Waals surface area contributed by atoms with Gasteiger partial charge in [-0.05, 0) is 60.8 Å². The van der Waals surface area contributed by atoms with Crippen LogP contribution in [0.2, 0.25) is 5.02 Å². The van der Waals surface area contributed by atoms with Crippen molar-refractivity contribution < 1.29 is 23.5 Å². The second-order valence-corrected chi connectivity index (χ2v) is 14.6. The van der Waals surface area contributed by atoms with E-state index in [9.17, 15) is 9.59 Å². The summed E-state index contributed by atoms with van der Waals surface area (Å²) in [5.74, 6) is -0.179. The highest BCUT2D eigenvalue weighted by molar-refractivity contribution is 6.80. The first-order valence-corrected chi connectivity index (χ1v) is 15.5. The van der Waals surface area contributed by atoms with E-state index in [0.717, 1.165) is 10.4 Å². The highest BCUT2D eigenvalue weighted by Crippen LogP contribution is 2.27. The van der Waals surface area contributed by atoms with Crippen molar-refractivity contribution in [3.05, 3.63) is 95.5 Å². The SMILES string of the molecule is CC(C)(C)OC(=O)N[C@H](COCC(=O)c1ccc(Cl)cc1)C(O[SiH](c1ccccc1)c1ccccc1)C(C)(C)C. The van der Waals surface area contributed by atoms with E-state index in [2.05, 4.69) is 50.4 Å². The average Bonchev–Trinajstić information content (AvgIpc) is 2.88. The predicted molar refractivity (Wildman–Crippen MR) is 163 cm³/mol. The number of nitrogens with one attached hydrogen (secondary N) is 1. The van der Waals surface area contributed by atoms with Gasteiger partial charge in [0, 0.05) is 10.6 Å². The number of amides is 1. The molecule has 0 fully saturated rings. The van der Waals surface area contributed by atoms with Gasteiger partial charge in [0.15, 0.2) is 5.78 Å². The maximum atomic E-state index is 13.0. The van der Waals surface area contributed by atoms with E-state index < -0.39 is 38.3 Å². The Kier molecular flexibility index (Phi) is 11.1. The molecule has 3 aromatic carbocycles. The van der Waals surface area contributed by atoms with Crippen molar-refractivity contribution in [3.8, 4) is 0 Å². The Hall–Kier alpha value is -2.97. The second-order valence-electron chi connectivity index (χ2n) is 11.8. The number of rotatable bonds is 11. The molecule has 0 aliphatic carbocycles. The molecular weight excluding hydrogens is 542 g/mol. The molecule has 1 amide bonds. The summed E-state index contributed by atoms with van der Waals surface area (Å²) in [7, 11) is -2.19. The number of carbonyl (C=O) groups excluding carboxylic acids is 2. The summed E-state index contributed by atoms with van der Waals surface area (Å²) in [6.07, 6.45) is -1.02. The Morgan fingerprint density at radius 1 is 0.825 bits per heavy atom. The molecule has 0 saturated carbocycles. The first kappa shape index (κ1) is 31.6. The lowest BCUT2D eigenvalue weighted by Crippen LogP contribution is -2.58. The van der Waals surface area contributed by atoms with Crippen LogP contribution in [-0.4, -0.2) is 51.9 Å². The summed E-state index contributed by atoms with van der Waals surface area (Å²) in [5, 5.41) is 5.79. The zero-order chi connectivity index (χ0) is 29.3. The minimum absolute atomic E-state index is 0.0607. The Labute approximate surface area is 244 Å². The minimum atomic E-state index is -2.19. The molecule has 6 nitrogen and oxygen atoms in total. The maximum Gasteiger partial charge on any atom is 0.408 e. The molecule has 1 unspecified atom stereocenters. The third-order valence-corrected chi connectivity index (χ3v) is 8.90. The fraction of sp³-hybridized carbons (Fsp3) is 0.375. The van der Waals surface area contributed by atoms with Gasteiger partial charge in [-0.1, -0.05) is 93.0 Å². The number of halogens is 1. The number of hydrogen-bond donors (Lipinski definition) is 1. The summed E-state index contributed by atoms with van der Waals surface area (Å²) in [4.78, 5) is 25.7. The van der Waals surface area contributed by atoms with Crippen LogP contribution in [-0.2, 0) is 13.9 Å². The van der Waals surface area contributed by atoms with E-state index in [0.29, 0.717) is 10.6 Å². The number of ether oxygens (including phenoxy) is 2.